The second kappa shape index (κ2) is 7.85. The first-order valence-corrected chi connectivity index (χ1v) is 10.4. The molecular weight excluding hydrogens is 338 g/mol. The van der Waals surface area contributed by atoms with E-state index in [2.05, 4.69) is 17.0 Å². The topological polar surface area (TPSA) is 60.9 Å². The highest BCUT2D eigenvalue weighted by Gasteiger charge is 2.33. The number of nitrogens with zero attached hydrogens (tertiary/aromatic N) is 3. The summed E-state index contributed by atoms with van der Waals surface area (Å²) >= 11 is 0. The lowest BCUT2D eigenvalue weighted by atomic mass is 10.1. The lowest BCUT2D eigenvalue weighted by molar-refractivity contribution is -0.134. The molecule has 2 rings (SSSR count). The minimum Gasteiger partial charge on any atom is -0.339 e. The van der Waals surface area contributed by atoms with Crippen LogP contribution in [-0.2, 0) is 21.4 Å². The number of amides is 1. The average Bonchev–Trinajstić information content (AvgIpc) is 2.52. The zero-order valence-electron chi connectivity index (χ0n) is 15.6. The summed E-state index contributed by atoms with van der Waals surface area (Å²) in [4.78, 5) is 16.7. The van der Waals surface area contributed by atoms with E-state index in [0.717, 1.165) is 25.9 Å². The van der Waals surface area contributed by atoms with Crippen molar-refractivity contribution in [3.8, 4) is 0 Å². The van der Waals surface area contributed by atoms with Crippen molar-refractivity contribution in [1.29, 1.82) is 0 Å². The lowest BCUT2D eigenvalue weighted by Gasteiger charge is -2.38. The third-order valence-corrected chi connectivity index (χ3v) is 5.88. The molecule has 1 fully saturated rings. The Bertz CT molecular complexity index is 675. The standard InChI is InChI=1S/C18H29N3O3S/c1-18(2,3)21(25(4,23)24)15-17(22)20-12-10-19(11-13-20)14-16-8-6-5-7-9-16/h5-9H,10-15H2,1-4H3. The maximum absolute atomic E-state index is 12.6. The average molecular weight is 368 g/mol. The van der Waals surface area contributed by atoms with E-state index in [1.54, 1.807) is 25.7 Å². The van der Waals surface area contributed by atoms with Crippen molar-refractivity contribution in [2.24, 2.45) is 0 Å². The molecule has 0 saturated carbocycles. The van der Waals surface area contributed by atoms with Gasteiger partial charge in [-0.25, -0.2) is 8.42 Å². The Morgan fingerprint density at radius 3 is 2.12 bits per heavy atom. The summed E-state index contributed by atoms with van der Waals surface area (Å²) in [6, 6.07) is 10.3. The van der Waals surface area contributed by atoms with Gasteiger partial charge in [0, 0.05) is 38.3 Å². The Balaban J connectivity index is 1.90. The van der Waals surface area contributed by atoms with Crippen molar-refractivity contribution >= 4 is 15.9 Å². The Morgan fingerprint density at radius 1 is 1.08 bits per heavy atom. The second-order valence-corrected chi connectivity index (χ2v) is 9.49. The van der Waals surface area contributed by atoms with Crippen molar-refractivity contribution in [3.63, 3.8) is 0 Å². The molecule has 1 aliphatic heterocycles. The van der Waals surface area contributed by atoms with Crippen molar-refractivity contribution in [1.82, 2.24) is 14.1 Å². The van der Waals surface area contributed by atoms with Crippen LogP contribution in [0.1, 0.15) is 26.3 Å². The number of hydrogen-bond acceptors (Lipinski definition) is 4. The van der Waals surface area contributed by atoms with Gasteiger partial charge in [-0.15, -0.1) is 0 Å². The molecule has 6 nitrogen and oxygen atoms in total. The quantitative estimate of drug-likeness (QED) is 0.789. The number of carbonyl (C=O) groups excluding carboxylic acids is 1. The molecule has 0 radical (unpaired) electrons. The molecule has 1 aliphatic rings. The maximum atomic E-state index is 12.6. The highest BCUT2D eigenvalue weighted by atomic mass is 32.2. The fourth-order valence-electron chi connectivity index (χ4n) is 3.07. The Labute approximate surface area is 151 Å². The zero-order chi connectivity index (χ0) is 18.7. The number of piperazine rings is 1. The Hall–Kier alpha value is -1.44. The second-order valence-electron chi connectivity index (χ2n) is 7.58. The van der Waals surface area contributed by atoms with Crippen LogP contribution in [0.25, 0.3) is 0 Å². The predicted octanol–water partition coefficient (Wildman–Crippen LogP) is 1.39. The van der Waals surface area contributed by atoms with E-state index in [9.17, 15) is 13.2 Å². The van der Waals surface area contributed by atoms with Crippen LogP contribution in [0, 0.1) is 0 Å². The first-order chi connectivity index (χ1) is 11.6. The number of hydrogen-bond donors (Lipinski definition) is 0. The summed E-state index contributed by atoms with van der Waals surface area (Å²) < 4.78 is 25.3. The van der Waals surface area contributed by atoms with Crippen LogP contribution < -0.4 is 0 Å². The summed E-state index contributed by atoms with van der Waals surface area (Å²) in [5.74, 6) is -0.125. The van der Waals surface area contributed by atoms with Crippen LogP contribution in [0.2, 0.25) is 0 Å². The first-order valence-electron chi connectivity index (χ1n) is 8.59. The third-order valence-electron chi connectivity index (χ3n) is 4.40. The SMILES string of the molecule is CC(C)(C)N(CC(=O)N1CCN(Cc2ccccc2)CC1)S(C)(=O)=O. The molecule has 0 unspecified atom stereocenters. The Kier molecular flexibility index (Phi) is 6.24. The van der Waals surface area contributed by atoms with Crippen LogP contribution in [0.4, 0.5) is 0 Å². The molecular formula is C18H29N3O3S. The predicted molar refractivity (Wildman–Crippen MR) is 99.6 cm³/mol. The van der Waals surface area contributed by atoms with E-state index in [1.807, 2.05) is 18.2 Å². The van der Waals surface area contributed by atoms with Gasteiger partial charge in [-0.1, -0.05) is 30.3 Å². The fourth-order valence-corrected chi connectivity index (χ4v) is 4.41. The van der Waals surface area contributed by atoms with E-state index in [4.69, 9.17) is 0 Å². The van der Waals surface area contributed by atoms with Gasteiger partial charge in [-0.3, -0.25) is 9.69 Å². The normalized spacial score (nSPS) is 17.1. The van der Waals surface area contributed by atoms with Gasteiger partial charge in [0.25, 0.3) is 0 Å². The molecule has 0 aliphatic carbocycles. The maximum Gasteiger partial charge on any atom is 0.238 e. The highest BCUT2D eigenvalue weighted by molar-refractivity contribution is 7.88. The smallest absolute Gasteiger partial charge is 0.238 e. The molecule has 1 aromatic rings. The van der Waals surface area contributed by atoms with Crippen molar-refractivity contribution in [2.45, 2.75) is 32.9 Å². The molecule has 25 heavy (non-hydrogen) atoms. The van der Waals surface area contributed by atoms with Gasteiger partial charge in [0.15, 0.2) is 0 Å². The van der Waals surface area contributed by atoms with E-state index in [-0.39, 0.29) is 12.5 Å². The van der Waals surface area contributed by atoms with Gasteiger partial charge in [0.05, 0.1) is 12.8 Å². The molecule has 1 saturated heterocycles. The number of benzene rings is 1. The first kappa shape index (κ1) is 19.9. The summed E-state index contributed by atoms with van der Waals surface area (Å²) in [7, 11) is -3.43. The van der Waals surface area contributed by atoms with Crippen molar-refractivity contribution in [3.05, 3.63) is 35.9 Å². The summed E-state index contributed by atoms with van der Waals surface area (Å²) in [5, 5.41) is 0. The van der Waals surface area contributed by atoms with E-state index >= 15 is 0 Å². The summed E-state index contributed by atoms with van der Waals surface area (Å²) in [6.07, 6.45) is 1.16. The van der Waals surface area contributed by atoms with Gasteiger partial charge in [0.2, 0.25) is 15.9 Å². The molecule has 0 bridgehead atoms. The molecule has 0 N–H and O–H groups in total. The molecule has 1 aromatic carbocycles. The largest absolute Gasteiger partial charge is 0.339 e. The van der Waals surface area contributed by atoms with Crippen LogP contribution in [0.5, 0.6) is 0 Å². The van der Waals surface area contributed by atoms with Gasteiger partial charge in [-0.2, -0.15) is 4.31 Å². The number of carbonyl (C=O) groups is 1. The number of rotatable bonds is 5. The fraction of sp³-hybridized carbons (Fsp3) is 0.611. The van der Waals surface area contributed by atoms with Crippen molar-refractivity contribution < 1.29 is 13.2 Å². The van der Waals surface area contributed by atoms with E-state index < -0.39 is 15.6 Å². The molecule has 140 valence electrons. The van der Waals surface area contributed by atoms with Crippen molar-refractivity contribution in [2.75, 3.05) is 39.0 Å². The lowest BCUT2D eigenvalue weighted by Crippen LogP contribution is -2.54. The van der Waals surface area contributed by atoms with Crippen LogP contribution in [-0.4, -0.2) is 72.9 Å². The zero-order valence-corrected chi connectivity index (χ0v) is 16.4. The monoisotopic (exact) mass is 367 g/mol. The van der Waals surface area contributed by atoms with Crippen LogP contribution in [0.3, 0.4) is 0 Å². The molecule has 1 amide bonds. The van der Waals surface area contributed by atoms with Crippen LogP contribution in [0.15, 0.2) is 30.3 Å². The van der Waals surface area contributed by atoms with Gasteiger partial charge in [-0.05, 0) is 26.3 Å². The van der Waals surface area contributed by atoms with Gasteiger partial charge in [0.1, 0.15) is 0 Å². The van der Waals surface area contributed by atoms with E-state index in [1.165, 1.54) is 9.87 Å². The molecule has 0 atom stereocenters. The van der Waals surface area contributed by atoms with Gasteiger partial charge < -0.3 is 4.90 Å². The third kappa shape index (κ3) is 5.80. The number of sulfonamides is 1. The van der Waals surface area contributed by atoms with E-state index in [0.29, 0.717) is 13.1 Å². The minimum absolute atomic E-state index is 0.0962. The molecule has 1 heterocycles. The summed E-state index contributed by atoms with van der Waals surface area (Å²) in [6.45, 7) is 9.06. The summed E-state index contributed by atoms with van der Waals surface area (Å²) in [5.41, 5.74) is 0.650. The molecule has 7 heteroatoms. The Morgan fingerprint density at radius 2 is 1.64 bits per heavy atom. The highest BCUT2D eigenvalue weighted by Crippen LogP contribution is 2.18. The molecule has 0 spiro atoms. The van der Waals surface area contributed by atoms with Gasteiger partial charge >= 0.3 is 0 Å². The molecule has 0 aromatic heterocycles. The van der Waals surface area contributed by atoms with Crippen LogP contribution >= 0.6 is 0 Å². The minimum atomic E-state index is -3.43.